The fraction of sp³-hybridized carbons (Fsp3) is 0.542. The zero-order valence-electron chi connectivity index (χ0n) is 19.2. The molecule has 3 rings (SSSR count). The number of nitrogens with one attached hydrogen (secondary N) is 1. The van der Waals surface area contributed by atoms with Crippen LogP contribution < -0.4 is 10.2 Å². The molecule has 174 valence electrons. The third-order valence-electron chi connectivity index (χ3n) is 5.87. The van der Waals surface area contributed by atoms with E-state index in [9.17, 15) is 9.59 Å². The predicted molar refractivity (Wildman–Crippen MR) is 123 cm³/mol. The molecule has 0 bridgehead atoms. The number of ether oxygens (including phenoxy) is 2. The normalized spacial score (nSPS) is 21.9. The number of esters is 1. The van der Waals surface area contributed by atoms with E-state index < -0.39 is 11.4 Å². The van der Waals surface area contributed by atoms with Crippen LogP contribution in [0.2, 0.25) is 0 Å². The highest BCUT2D eigenvalue weighted by molar-refractivity contribution is 5.98. The Morgan fingerprint density at radius 1 is 1.19 bits per heavy atom. The lowest BCUT2D eigenvalue weighted by Crippen LogP contribution is -2.40. The average Bonchev–Trinajstić information content (AvgIpc) is 2.79. The van der Waals surface area contributed by atoms with Gasteiger partial charge >= 0.3 is 5.97 Å². The third kappa shape index (κ3) is 5.88. The number of nitrogens with zero attached hydrogens (tertiary/aromatic N) is 2. The van der Waals surface area contributed by atoms with Gasteiger partial charge in [-0.05, 0) is 36.6 Å². The highest BCUT2D eigenvalue weighted by Gasteiger charge is 2.28. The van der Waals surface area contributed by atoms with Gasteiger partial charge in [0.1, 0.15) is 7.11 Å². The summed E-state index contributed by atoms with van der Waals surface area (Å²) < 4.78 is 10.9. The minimum absolute atomic E-state index is 0.198. The first-order chi connectivity index (χ1) is 15.3. The van der Waals surface area contributed by atoms with Gasteiger partial charge in [0.25, 0.3) is 5.91 Å². The molecule has 0 aliphatic carbocycles. The lowest BCUT2D eigenvalue weighted by molar-refractivity contribution is -0.139. The summed E-state index contributed by atoms with van der Waals surface area (Å²) in [7, 11) is 1.50. The Morgan fingerprint density at radius 2 is 1.94 bits per heavy atom. The number of carbonyl (C=O) groups is 2. The molecule has 8 nitrogen and oxygen atoms in total. The Kier molecular flexibility index (Phi) is 7.90. The first-order valence-electron chi connectivity index (χ1n) is 11.0. The van der Waals surface area contributed by atoms with Gasteiger partial charge in [0, 0.05) is 48.3 Å². The number of hydrogen-bond donors (Lipinski definition) is 1. The molecule has 1 aromatic rings. The van der Waals surface area contributed by atoms with Crippen molar-refractivity contribution >= 4 is 23.3 Å². The standard InChI is InChI=1S/C24H33N3O5/c1-17-14-18-15-19(27-9-12-31-13-10-27)7-8-20(18)22(28)25-16-24(2,3)21(26-30-4)6-5-11-32-23(17)29/h7-8,15H,1,5-6,9-14,16H2,2-4H3,(H,25,28)/b26-21+. The molecule has 1 saturated heterocycles. The van der Waals surface area contributed by atoms with E-state index in [1.54, 1.807) is 0 Å². The van der Waals surface area contributed by atoms with Gasteiger partial charge in [0.2, 0.25) is 0 Å². The van der Waals surface area contributed by atoms with Crippen molar-refractivity contribution in [3.8, 4) is 0 Å². The number of amides is 1. The number of cyclic esters (lactones) is 1. The molecule has 2 heterocycles. The summed E-state index contributed by atoms with van der Waals surface area (Å²) in [6.45, 7) is 11.5. The van der Waals surface area contributed by atoms with Crippen LogP contribution in [0.15, 0.2) is 35.5 Å². The van der Waals surface area contributed by atoms with Gasteiger partial charge in [-0.15, -0.1) is 0 Å². The van der Waals surface area contributed by atoms with Gasteiger partial charge < -0.3 is 24.5 Å². The Bertz CT molecular complexity index is 888. The van der Waals surface area contributed by atoms with Crippen LogP contribution in [0.3, 0.4) is 0 Å². The first-order valence-corrected chi connectivity index (χ1v) is 11.0. The van der Waals surface area contributed by atoms with Gasteiger partial charge in [0.05, 0.1) is 25.5 Å². The van der Waals surface area contributed by atoms with Crippen LogP contribution in [0, 0.1) is 5.41 Å². The van der Waals surface area contributed by atoms with Gasteiger partial charge in [-0.3, -0.25) is 4.79 Å². The topological polar surface area (TPSA) is 89.5 Å². The Balaban J connectivity index is 1.92. The number of rotatable bonds is 2. The molecule has 0 aromatic heterocycles. The summed E-state index contributed by atoms with van der Waals surface area (Å²) in [5.74, 6) is -0.647. The van der Waals surface area contributed by atoms with E-state index in [-0.39, 0.29) is 18.9 Å². The summed E-state index contributed by atoms with van der Waals surface area (Å²) in [5.41, 5.74) is 2.97. The third-order valence-corrected chi connectivity index (χ3v) is 5.87. The van der Waals surface area contributed by atoms with Crippen molar-refractivity contribution in [1.29, 1.82) is 0 Å². The molecule has 0 atom stereocenters. The maximum absolute atomic E-state index is 13.1. The number of carbonyl (C=O) groups excluding carboxylic acids is 2. The number of oxime groups is 1. The summed E-state index contributed by atoms with van der Waals surface area (Å²) in [4.78, 5) is 32.9. The van der Waals surface area contributed by atoms with Gasteiger partial charge in [-0.25, -0.2) is 4.79 Å². The Morgan fingerprint density at radius 3 is 2.66 bits per heavy atom. The minimum atomic E-state index is -0.449. The van der Waals surface area contributed by atoms with Crippen LogP contribution in [-0.2, 0) is 25.5 Å². The highest BCUT2D eigenvalue weighted by Crippen LogP contribution is 2.25. The van der Waals surface area contributed by atoms with Crippen molar-refractivity contribution in [2.75, 3.05) is 51.5 Å². The second-order valence-corrected chi connectivity index (χ2v) is 8.75. The van der Waals surface area contributed by atoms with Crippen molar-refractivity contribution < 1.29 is 23.9 Å². The van der Waals surface area contributed by atoms with Crippen molar-refractivity contribution in [2.24, 2.45) is 10.6 Å². The average molecular weight is 444 g/mol. The lowest BCUT2D eigenvalue weighted by atomic mass is 9.84. The summed E-state index contributed by atoms with van der Waals surface area (Å²) in [5, 5.41) is 7.21. The molecule has 0 spiro atoms. The molecule has 0 radical (unpaired) electrons. The van der Waals surface area contributed by atoms with Crippen molar-refractivity contribution in [3.05, 3.63) is 41.5 Å². The SMILES string of the molecule is C=C1Cc2cc(N3CCOCC3)ccc2C(=O)NCC(C)(C)/C(=N/OC)CCCOC1=O. The molecule has 32 heavy (non-hydrogen) atoms. The molecule has 1 amide bonds. The van der Waals surface area contributed by atoms with Crippen LogP contribution in [0.5, 0.6) is 0 Å². The van der Waals surface area contributed by atoms with Crippen LogP contribution in [-0.4, -0.2) is 64.2 Å². The zero-order valence-corrected chi connectivity index (χ0v) is 19.2. The van der Waals surface area contributed by atoms with Crippen LogP contribution in [0.25, 0.3) is 0 Å². The van der Waals surface area contributed by atoms with E-state index in [0.717, 1.165) is 30.1 Å². The fourth-order valence-electron chi connectivity index (χ4n) is 3.89. The summed E-state index contributed by atoms with van der Waals surface area (Å²) in [6, 6.07) is 5.72. The Labute approximate surface area is 189 Å². The second-order valence-electron chi connectivity index (χ2n) is 8.75. The van der Waals surface area contributed by atoms with E-state index in [1.165, 1.54) is 7.11 Å². The summed E-state index contributed by atoms with van der Waals surface area (Å²) >= 11 is 0. The number of fused-ring (bicyclic) bond motifs is 1. The molecule has 0 unspecified atom stereocenters. The van der Waals surface area contributed by atoms with E-state index in [0.29, 0.717) is 43.7 Å². The van der Waals surface area contributed by atoms with Crippen molar-refractivity contribution in [3.63, 3.8) is 0 Å². The Hall–Kier alpha value is -2.87. The molecular formula is C24H33N3O5. The zero-order chi connectivity index (χ0) is 23.1. The van der Waals surface area contributed by atoms with E-state index >= 15 is 0 Å². The van der Waals surface area contributed by atoms with Gasteiger partial charge in [-0.1, -0.05) is 25.6 Å². The summed E-state index contributed by atoms with van der Waals surface area (Å²) in [6.07, 6.45) is 1.45. The van der Waals surface area contributed by atoms with Crippen LogP contribution >= 0.6 is 0 Å². The molecule has 1 fully saturated rings. The smallest absolute Gasteiger partial charge is 0.333 e. The predicted octanol–water partition coefficient (Wildman–Crippen LogP) is 2.72. The van der Waals surface area contributed by atoms with E-state index in [2.05, 4.69) is 22.0 Å². The lowest BCUT2D eigenvalue weighted by Gasteiger charge is -2.30. The maximum Gasteiger partial charge on any atom is 0.333 e. The largest absolute Gasteiger partial charge is 0.462 e. The maximum atomic E-state index is 13.1. The molecule has 2 aliphatic heterocycles. The van der Waals surface area contributed by atoms with Crippen molar-refractivity contribution in [1.82, 2.24) is 5.32 Å². The number of benzene rings is 1. The van der Waals surface area contributed by atoms with Gasteiger partial charge in [-0.2, -0.15) is 0 Å². The highest BCUT2D eigenvalue weighted by atomic mass is 16.6. The molecule has 1 aromatic carbocycles. The quantitative estimate of drug-likeness (QED) is 0.430. The van der Waals surface area contributed by atoms with Crippen LogP contribution in [0.4, 0.5) is 5.69 Å². The van der Waals surface area contributed by atoms with E-state index in [1.807, 2.05) is 32.0 Å². The monoisotopic (exact) mass is 443 g/mol. The molecule has 2 aliphatic rings. The van der Waals surface area contributed by atoms with E-state index in [4.69, 9.17) is 14.3 Å². The van der Waals surface area contributed by atoms with Gasteiger partial charge in [0.15, 0.2) is 0 Å². The van der Waals surface area contributed by atoms with Crippen LogP contribution in [0.1, 0.15) is 42.6 Å². The first kappa shape index (κ1) is 23.8. The molecule has 1 N–H and O–H groups in total. The number of hydrogen-bond acceptors (Lipinski definition) is 7. The fourth-order valence-corrected chi connectivity index (χ4v) is 3.89. The van der Waals surface area contributed by atoms with Crippen molar-refractivity contribution in [2.45, 2.75) is 33.1 Å². The number of morpholine rings is 1. The number of anilines is 1. The minimum Gasteiger partial charge on any atom is -0.462 e. The molecule has 8 heteroatoms. The molecular weight excluding hydrogens is 410 g/mol. The second kappa shape index (κ2) is 10.6. The molecule has 0 saturated carbocycles.